The highest BCUT2D eigenvalue weighted by atomic mass is 19.1. The normalized spacial score (nSPS) is 12.7. The fourth-order valence-corrected chi connectivity index (χ4v) is 2.88. The largest absolute Gasteiger partial charge is 0.466 e. The molecule has 1 heterocycles. The van der Waals surface area contributed by atoms with Crippen LogP contribution in [-0.4, -0.2) is 29.5 Å². The Hall–Kier alpha value is -3.02. The zero-order valence-corrected chi connectivity index (χ0v) is 16.2. The number of hydrogen-bond donors (Lipinski definition) is 1. The third-order valence-electron chi connectivity index (χ3n) is 4.44. The summed E-state index contributed by atoms with van der Waals surface area (Å²) in [5, 5.41) is 2.91. The third kappa shape index (κ3) is 6.30. The van der Waals surface area contributed by atoms with Gasteiger partial charge in [-0.2, -0.15) is 0 Å². The lowest BCUT2D eigenvalue weighted by molar-refractivity contribution is -0.143. The Labute approximate surface area is 164 Å². The van der Waals surface area contributed by atoms with E-state index >= 15 is 0 Å². The molecular weight excluding hydrogens is 359 g/mol. The molecule has 28 heavy (non-hydrogen) atoms. The first-order chi connectivity index (χ1) is 13.4. The molecule has 0 saturated carbocycles. The van der Waals surface area contributed by atoms with E-state index in [2.05, 4.69) is 16.9 Å². The van der Waals surface area contributed by atoms with Crippen LogP contribution in [0.1, 0.15) is 42.6 Å². The molecule has 0 fully saturated rings. The van der Waals surface area contributed by atoms with Gasteiger partial charge in [0, 0.05) is 18.4 Å². The van der Waals surface area contributed by atoms with E-state index in [1.165, 1.54) is 18.3 Å². The Morgan fingerprint density at radius 2 is 1.89 bits per heavy atom. The van der Waals surface area contributed by atoms with E-state index < -0.39 is 6.04 Å². The van der Waals surface area contributed by atoms with Crippen LogP contribution >= 0.6 is 0 Å². The number of nitrogens with zero attached hydrogens (tertiary/aromatic N) is 1. The third-order valence-corrected chi connectivity index (χ3v) is 4.44. The molecule has 0 spiro atoms. The zero-order valence-electron chi connectivity index (χ0n) is 16.2. The van der Waals surface area contributed by atoms with Crippen LogP contribution in [0.15, 0.2) is 55.4 Å². The SMILES string of the molecule is C=C(CC(C)C(CC(=O)OCC)NC(=O)c1cccnc1)c1ccc(F)cc1. The predicted molar refractivity (Wildman–Crippen MR) is 106 cm³/mol. The second kappa shape index (κ2) is 10.3. The van der Waals surface area contributed by atoms with Crippen molar-refractivity contribution in [3.63, 3.8) is 0 Å². The molecule has 1 N–H and O–H groups in total. The molecule has 0 aliphatic rings. The number of nitrogens with one attached hydrogen (secondary N) is 1. The van der Waals surface area contributed by atoms with Crippen LogP contribution in [0.5, 0.6) is 0 Å². The van der Waals surface area contributed by atoms with Crippen molar-refractivity contribution < 1.29 is 18.7 Å². The first-order valence-corrected chi connectivity index (χ1v) is 9.21. The number of aromatic nitrogens is 1. The van der Waals surface area contributed by atoms with Crippen molar-refractivity contribution in [2.24, 2.45) is 5.92 Å². The Bertz CT molecular complexity index is 806. The Morgan fingerprint density at radius 3 is 2.50 bits per heavy atom. The van der Waals surface area contributed by atoms with Crippen molar-refractivity contribution in [3.05, 3.63) is 72.3 Å². The molecule has 0 bridgehead atoms. The number of carbonyl (C=O) groups is 2. The van der Waals surface area contributed by atoms with Gasteiger partial charge in [0.05, 0.1) is 18.6 Å². The molecule has 2 aromatic rings. The number of benzene rings is 1. The van der Waals surface area contributed by atoms with Gasteiger partial charge in [0.15, 0.2) is 0 Å². The molecule has 2 atom stereocenters. The second-order valence-corrected chi connectivity index (χ2v) is 6.62. The van der Waals surface area contributed by atoms with Crippen molar-refractivity contribution >= 4 is 17.4 Å². The summed E-state index contributed by atoms with van der Waals surface area (Å²) in [6, 6.07) is 8.99. The summed E-state index contributed by atoms with van der Waals surface area (Å²) in [7, 11) is 0. The summed E-state index contributed by atoms with van der Waals surface area (Å²) in [6.07, 6.45) is 3.64. The smallest absolute Gasteiger partial charge is 0.307 e. The number of allylic oxidation sites excluding steroid dienone is 1. The number of amides is 1. The predicted octanol–water partition coefficient (Wildman–Crippen LogP) is 4.01. The first kappa shape index (κ1) is 21.3. The van der Waals surface area contributed by atoms with Gasteiger partial charge in [-0.1, -0.05) is 25.6 Å². The minimum Gasteiger partial charge on any atom is -0.466 e. The molecule has 6 heteroatoms. The molecule has 1 aromatic carbocycles. The van der Waals surface area contributed by atoms with Gasteiger partial charge in [0.25, 0.3) is 5.91 Å². The van der Waals surface area contributed by atoms with Crippen molar-refractivity contribution in [2.75, 3.05) is 6.61 Å². The van der Waals surface area contributed by atoms with E-state index in [0.29, 0.717) is 12.0 Å². The number of ether oxygens (including phenoxy) is 1. The lowest BCUT2D eigenvalue weighted by Crippen LogP contribution is -2.41. The van der Waals surface area contributed by atoms with Crippen LogP contribution in [0.25, 0.3) is 5.57 Å². The second-order valence-electron chi connectivity index (χ2n) is 6.62. The fourth-order valence-electron chi connectivity index (χ4n) is 2.88. The summed E-state index contributed by atoms with van der Waals surface area (Å²) >= 11 is 0. The maximum absolute atomic E-state index is 13.1. The molecule has 148 valence electrons. The number of halogens is 1. The van der Waals surface area contributed by atoms with Crippen molar-refractivity contribution in [1.82, 2.24) is 10.3 Å². The molecule has 0 aliphatic carbocycles. The number of esters is 1. The van der Waals surface area contributed by atoms with Crippen LogP contribution in [0.3, 0.4) is 0 Å². The van der Waals surface area contributed by atoms with Gasteiger partial charge in [0.2, 0.25) is 0 Å². The van der Waals surface area contributed by atoms with Gasteiger partial charge in [-0.15, -0.1) is 0 Å². The summed E-state index contributed by atoms with van der Waals surface area (Å²) in [4.78, 5) is 28.5. The molecule has 2 rings (SSSR count). The quantitative estimate of drug-likeness (QED) is 0.663. The van der Waals surface area contributed by atoms with E-state index in [-0.39, 0.29) is 36.6 Å². The van der Waals surface area contributed by atoms with Crippen molar-refractivity contribution in [1.29, 1.82) is 0 Å². The van der Waals surface area contributed by atoms with E-state index in [0.717, 1.165) is 11.1 Å². The van der Waals surface area contributed by atoms with Crippen LogP contribution < -0.4 is 5.32 Å². The number of carbonyl (C=O) groups excluding carboxylic acids is 2. The summed E-state index contributed by atoms with van der Waals surface area (Å²) in [5.41, 5.74) is 2.04. The molecule has 0 saturated heterocycles. The van der Waals surface area contributed by atoms with Gasteiger partial charge in [-0.25, -0.2) is 4.39 Å². The molecular formula is C22H25FN2O3. The van der Waals surface area contributed by atoms with Crippen LogP contribution in [-0.2, 0) is 9.53 Å². The lowest BCUT2D eigenvalue weighted by atomic mass is 9.89. The monoisotopic (exact) mass is 384 g/mol. The fraction of sp³-hybridized carbons (Fsp3) is 0.318. The lowest BCUT2D eigenvalue weighted by Gasteiger charge is -2.25. The molecule has 1 aromatic heterocycles. The van der Waals surface area contributed by atoms with E-state index in [4.69, 9.17) is 4.74 Å². The molecule has 0 radical (unpaired) electrons. The Kier molecular flexibility index (Phi) is 7.87. The minimum absolute atomic E-state index is 0.0533. The van der Waals surface area contributed by atoms with Crippen LogP contribution in [0.4, 0.5) is 4.39 Å². The van der Waals surface area contributed by atoms with Crippen molar-refractivity contribution in [2.45, 2.75) is 32.7 Å². The van der Waals surface area contributed by atoms with Gasteiger partial charge in [0.1, 0.15) is 5.82 Å². The van der Waals surface area contributed by atoms with Gasteiger partial charge in [-0.05, 0) is 54.7 Å². The van der Waals surface area contributed by atoms with Crippen molar-refractivity contribution in [3.8, 4) is 0 Å². The summed E-state index contributed by atoms with van der Waals surface area (Å²) < 4.78 is 18.2. The number of pyridine rings is 1. The highest BCUT2D eigenvalue weighted by Gasteiger charge is 2.24. The molecule has 1 amide bonds. The average molecular weight is 384 g/mol. The standard InChI is InChI=1S/C22H25FN2O3/c1-4-28-21(26)13-20(25-22(27)18-6-5-11-24-14-18)16(3)12-15(2)17-7-9-19(23)10-8-17/h5-11,14,16,20H,2,4,12-13H2,1,3H3,(H,25,27). The van der Waals surface area contributed by atoms with Gasteiger partial charge in [-0.3, -0.25) is 14.6 Å². The zero-order chi connectivity index (χ0) is 20.5. The van der Waals surface area contributed by atoms with Crippen LogP contribution in [0.2, 0.25) is 0 Å². The van der Waals surface area contributed by atoms with E-state index in [1.54, 1.807) is 37.4 Å². The number of rotatable bonds is 9. The topological polar surface area (TPSA) is 68.3 Å². The molecule has 5 nitrogen and oxygen atoms in total. The minimum atomic E-state index is -0.441. The summed E-state index contributed by atoms with van der Waals surface area (Å²) in [5.74, 6) is -1.09. The van der Waals surface area contributed by atoms with Gasteiger partial charge < -0.3 is 10.1 Å². The highest BCUT2D eigenvalue weighted by molar-refractivity contribution is 5.94. The van der Waals surface area contributed by atoms with E-state index in [9.17, 15) is 14.0 Å². The maximum Gasteiger partial charge on any atom is 0.307 e. The molecule has 2 unspecified atom stereocenters. The maximum atomic E-state index is 13.1. The average Bonchev–Trinajstić information content (AvgIpc) is 2.68. The Morgan fingerprint density at radius 1 is 1.18 bits per heavy atom. The van der Waals surface area contributed by atoms with Crippen LogP contribution in [0, 0.1) is 11.7 Å². The first-order valence-electron chi connectivity index (χ1n) is 9.21. The van der Waals surface area contributed by atoms with E-state index in [1.807, 2.05) is 6.92 Å². The Balaban J connectivity index is 2.10. The number of hydrogen-bond acceptors (Lipinski definition) is 4. The highest BCUT2D eigenvalue weighted by Crippen LogP contribution is 2.24. The summed E-state index contributed by atoms with van der Waals surface area (Å²) in [6.45, 7) is 8.01. The van der Waals surface area contributed by atoms with Gasteiger partial charge >= 0.3 is 5.97 Å². The molecule has 0 aliphatic heterocycles.